The van der Waals surface area contributed by atoms with Gasteiger partial charge >= 0.3 is 0 Å². The first kappa shape index (κ1) is 13.5. The third-order valence-corrected chi connectivity index (χ3v) is 2.96. The summed E-state index contributed by atoms with van der Waals surface area (Å²) in [5.74, 6) is 0.802. The number of halogens is 1. The molecule has 5 heteroatoms. The van der Waals surface area contributed by atoms with E-state index in [1.54, 1.807) is 12.3 Å². The highest BCUT2D eigenvalue weighted by Gasteiger charge is 2.17. The van der Waals surface area contributed by atoms with Crippen LogP contribution in [0.5, 0.6) is 5.75 Å². The van der Waals surface area contributed by atoms with Gasteiger partial charge in [0, 0.05) is 17.7 Å². The van der Waals surface area contributed by atoms with Gasteiger partial charge in [-0.25, -0.2) is 9.37 Å². The zero-order valence-corrected chi connectivity index (χ0v) is 11.1. The van der Waals surface area contributed by atoms with E-state index in [1.807, 2.05) is 20.8 Å². The predicted octanol–water partition coefficient (Wildman–Crippen LogP) is 3.24. The van der Waals surface area contributed by atoms with Gasteiger partial charge in [0.15, 0.2) is 0 Å². The lowest BCUT2D eigenvalue weighted by molar-refractivity contribution is 0.375. The van der Waals surface area contributed by atoms with E-state index in [4.69, 9.17) is 4.42 Å². The summed E-state index contributed by atoms with van der Waals surface area (Å²) in [5, 5.41) is 12.4. The quantitative estimate of drug-likeness (QED) is 0.890. The van der Waals surface area contributed by atoms with Crippen molar-refractivity contribution < 1.29 is 13.9 Å². The Labute approximate surface area is 111 Å². The molecule has 0 bridgehead atoms. The fourth-order valence-electron chi connectivity index (χ4n) is 1.98. The highest BCUT2D eigenvalue weighted by atomic mass is 19.1. The Bertz CT molecular complexity index is 568. The maximum absolute atomic E-state index is 13.7. The largest absolute Gasteiger partial charge is 0.508 e. The molecule has 0 spiro atoms. The fourth-order valence-corrected chi connectivity index (χ4v) is 1.98. The van der Waals surface area contributed by atoms with Crippen LogP contribution in [-0.2, 0) is 0 Å². The molecule has 1 aromatic heterocycles. The maximum atomic E-state index is 13.7. The Kier molecular flexibility index (Phi) is 3.85. The first-order chi connectivity index (χ1) is 8.97. The molecule has 1 heterocycles. The first-order valence-corrected chi connectivity index (χ1v) is 6.14. The Morgan fingerprint density at radius 2 is 2.05 bits per heavy atom. The molecule has 2 N–H and O–H groups in total. The highest BCUT2D eigenvalue weighted by Crippen LogP contribution is 2.23. The Morgan fingerprint density at radius 3 is 2.63 bits per heavy atom. The number of phenolic OH excluding ortho intramolecular Hbond substituents is 1. The number of aryl methyl sites for hydroxylation is 1. The topological polar surface area (TPSA) is 58.3 Å². The van der Waals surface area contributed by atoms with E-state index in [2.05, 4.69) is 10.3 Å². The van der Waals surface area contributed by atoms with E-state index < -0.39 is 5.82 Å². The molecule has 0 saturated carbocycles. The molecule has 0 saturated heterocycles. The number of aromatic nitrogens is 1. The van der Waals surface area contributed by atoms with Crippen molar-refractivity contribution in [3.63, 3.8) is 0 Å². The minimum atomic E-state index is -0.434. The van der Waals surface area contributed by atoms with Crippen LogP contribution in [0.15, 0.2) is 28.8 Å². The maximum Gasteiger partial charge on any atom is 0.211 e. The lowest BCUT2D eigenvalue weighted by Gasteiger charge is -2.18. The van der Waals surface area contributed by atoms with Crippen molar-refractivity contribution >= 4 is 0 Å². The van der Waals surface area contributed by atoms with E-state index in [1.165, 1.54) is 6.07 Å². The minimum absolute atomic E-state index is 0.0789. The molecule has 2 unspecified atom stereocenters. The lowest BCUT2D eigenvalue weighted by Crippen LogP contribution is -2.23. The fraction of sp³-hybridized carbons (Fsp3) is 0.357. The Hall–Kier alpha value is -1.88. The summed E-state index contributed by atoms with van der Waals surface area (Å²) in [7, 11) is 0. The van der Waals surface area contributed by atoms with Crippen molar-refractivity contribution in [2.75, 3.05) is 0 Å². The number of benzene rings is 1. The summed E-state index contributed by atoms with van der Waals surface area (Å²) in [6.07, 6.45) is 1.65. The zero-order valence-electron chi connectivity index (χ0n) is 11.1. The molecule has 19 heavy (non-hydrogen) atoms. The Balaban J connectivity index is 2.10. The molecular weight excluding hydrogens is 247 g/mol. The van der Waals surface area contributed by atoms with Crippen LogP contribution in [0.25, 0.3) is 0 Å². The average Bonchev–Trinajstić information content (AvgIpc) is 2.75. The molecule has 102 valence electrons. The zero-order chi connectivity index (χ0) is 14.0. The minimum Gasteiger partial charge on any atom is -0.508 e. The van der Waals surface area contributed by atoms with E-state index in [9.17, 15) is 9.50 Å². The molecule has 2 rings (SSSR count). The molecule has 4 nitrogen and oxygen atoms in total. The molecule has 1 aromatic carbocycles. The third-order valence-electron chi connectivity index (χ3n) is 2.96. The second kappa shape index (κ2) is 5.40. The number of aromatic hydroxyl groups is 1. The van der Waals surface area contributed by atoms with Gasteiger partial charge in [0.05, 0.1) is 12.2 Å². The van der Waals surface area contributed by atoms with Crippen molar-refractivity contribution in [1.29, 1.82) is 0 Å². The van der Waals surface area contributed by atoms with Gasteiger partial charge in [-0.3, -0.25) is 5.32 Å². The van der Waals surface area contributed by atoms with Gasteiger partial charge in [0.25, 0.3) is 0 Å². The molecule has 2 aromatic rings. The van der Waals surface area contributed by atoms with E-state index in [-0.39, 0.29) is 17.8 Å². The van der Waals surface area contributed by atoms with Crippen molar-refractivity contribution in [2.45, 2.75) is 32.9 Å². The van der Waals surface area contributed by atoms with Crippen LogP contribution >= 0.6 is 0 Å². The van der Waals surface area contributed by atoms with Gasteiger partial charge in [-0.1, -0.05) is 6.07 Å². The molecule has 2 atom stereocenters. The van der Waals surface area contributed by atoms with Crippen LogP contribution < -0.4 is 5.32 Å². The first-order valence-electron chi connectivity index (χ1n) is 6.14. The second-order valence-corrected chi connectivity index (χ2v) is 4.63. The number of phenols is 1. The number of nitrogens with zero attached hydrogens (tertiary/aromatic N) is 1. The smallest absolute Gasteiger partial charge is 0.211 e. The van der Waals surface area contributed by atoms with Gasteiger partial charge in [-0.2, -0.15) is 0 Å². The van der Waals surface area contributed by atoms with Crippen molar-refractivity contribution in [2.24, 2.45) is 0 Å². The van der Waals surface area contributed by atoms with Crippen LogP contribution in [-0.4, -0.2) is 10.1 Å². The van der Waals surface area contributed by atoms with Crippen molar-refractivity contribution in [3.8, 4) is 5.75 Å². The highest BCUT2D eigenvalue weighted by molar-refractivity contribution is 5.29. The third kappa shape index (κ3) is 3.12. The van der Waals surface area contributed by atoms with Gasteiger partial charge < -0.3 is 9.52 Å². The van der Waals surface area contributed by atoms with Crippen molar-refractivity contribution in [3.05, 3.63) is 47.4 Å². The average molecular weight is 264 g/mol. The summed E-state index contributed by atoms with van der Waals surface area (Å²) in [5.41, 5.74) is 0.493. The summed E-state index contributed by atoms with van der Waals surface area (Å²) < 4.78 is 19.1. The Morgan fingerprint density at radius 1 is 1.32 bits per heavy atom. The van der Waals surface area contributed by atoms with Gasteiger partial charge in [-0.15, -0.1) is 0 Å². The molecule has 0 fully saturated rings. The lowest BCUT2D eigenvalue weighted by atomic mass is 10.1. The normalized spacial score (nSPS) is 14.3. The molecular formula is C14H17FN2O2. The van der Waals surface area contributed by atoms with Crippen LogP contribution in [0.1, 0.15) is 43.1 Å². The SMILES string of the molecule is Cc1cnc(C(C)NC(C)c2ccc(O)cc2F)o1. The van der Waals surface area contributed by atoms with Gasteiger partial charge in [0.2, 0.25) is 5.89 Å². The summed E-state index contributed by atoms with van der Waals surface area (Å²) >= 11 is 0. The van der Waals surface area contributed by atoms with E-state index in [0.717, 1.165) is 11.8 Å². The number of rotatable bonds is 4. The predicted molar refractivity (Wildman–Crippen MR) is 69.3 cm³/mol. The molecule has 0 aliphatic carbocycles. The van der Waals surface area contributed by atoms with Gasteiger partial charge in [-0.05, 0) is 26.8 Å². The van der Waals surface area contributed by atoms with Crippen molar-refractivity contribution in [1.82, 2.24) is 10.3 Å². The van der Waals surface area contributed by atoms with Crippen LogP contribution in [0.2, 0.25) is 0 Å². The number of hydrogen-bond acceptors (Lipinski definition) is 4. The number of nitrogens with one attached hydrogen (secondary N) is 1. The molecule has 0 radical (unpaired) electrons. The monoisotopic (exact) mass is 264 g/mol. The van der Waals surface area contributed by atoms with Crippen LogP contribution in [0, 0.1) is 12.7 Å². The summed E-state index contributed by atoms with van der Waals surface area (Å²) in [4.78, 5) is 4.14. The van der Waals surface area contributed by atoms with E-state index in [0.29, 0.717) is 11.5 Å². The number of hydrogen-bond donors (Lipinski definition) is 2. The molecule has 0 aliphatic rings. The summed E-state index contributed by atoms with van der Waals surface area (Å²) in [6.45, 7) is 5.58. The van der Waals surface area contributed by atoms with E-state index >= 15 is 0 Å². The summed E-state index contributed by atoms with van der Waals surface area (Å²) in [6, 6.07) is 3.79. The van der Waals surface area contributed by atoms with Crippen LogP contribution in [0.3, 0.4) is 0 Å². The van der Waals surface area contributed by atoms with Gasteiger partial charge in [0.1, 0.15) is 17.3 Å². The van der Waals surface area contributed by atoms with Crippen LogP contribution in [0.4, 0.5) is 4.39 Å². The second-order valence-electron chi connectivity index (χ2n) is 4.63. The number of oxazole rings is 1. The molecule has 0 aliphatic heterocycles. The standard InChI is InChI=1S/C14H17FN2O2/c1-8-7-16-14(19-8)10(3)17-9(2)12-5-4-11(18)6-13(12)15/h4-7,9-10,17-18H,1-3H3. The molecule has 0 amide bonds.